The molecule has 0 spiro atoms. The number of halogens is 2. The number of methoxy groups -OCH3 is 1. The molecule has 2 heterocycles. The van der Waals surface area contributed by atoms with Crippen molar-refractivity contribution >= 4 is 17.4 Å². The van der Waals surface area contributed by atoms with E-state index in [1.807, 2.05) is 24.3 Å². The van der Waals surface area contributed by atoms with Gasteiger partial charge in [-0.05, 0) is 42.7 Å². The Balaban J connectivity index is 1.44. The van der Waals surface area contributed by atoms with Gasteiger partial charge >= 0.3 is 5.97 Å². The number of carbonyl (C=O) groups is 2. The highest BCUT2D eigenvalue weighted by Crippen LogP contribution is 2.41. The minimum Gasteiger partial charge on any atom is -0.485 e. The Morgan fingerprint density at radius 2 is 1.89 bits per heavy atom. The van der Waals surface area contributed by atoms with Crippen LogP contribution in [0.3, 0.4) is 0 Å². The lowest BCUT2D eigenvalue weighted by atomic mass is 9.87. The van der Waals surface area contributed by atoms with Gasteiger partial charge in [-0.15, -0.1) is 0 Å². The minimum absolute atomic E-state index is 0.0744. The predicted molar refractivity (Wildman–Crippen MR) is 128 cm³/mol. The van der Waals surface area contributed by atoms with E-state index in [0.29, 0.717) is 29.2 Å². The molecule has 0 saturated heterocycles. The van der Waals surface area contributed by atoms with Gasteiger partial charge in [0.1, 0.15) is 12.3 Å². The number of hydrogen-bond acceptors (Lipinski definition) is 5. The summed E-state index contributed by atoms with van der Waals surface area (Å²) in [6.45, 7) is 1.54. The Labute approximate surface area is 206 Å². The topological polar surface area (TPSA) is 69.9 Å². The van der Waals surface area contributed by atoms with Crippen molar-refractivity contribution < 1.29 is 27.8 Å². The second-order valence-electron chi connectivity index (χ2n) is 8.88. The van der Waals surface area contributed by atoms with E-state index in [9.17, 15) is 18.4 Å². The number of esters is 1. The monoisotopic (exact) mass is 490 g/mol. The molecule has 0 N–H and O–H groups in total. The second kappa shape index (κ2) is 9.53. The van der Waals surface area contributed by atoms with Gasteiger partial charge in [0.25, 0.3) is 0 Å². The molecule has 2 atom stereocenters. The van der Waals surface area contributed by atoms with Crippen LogP contribution in [0.25, 0.3) is 5.65 Å². The fourth-order valence-electron chi connectivity index (χ4n) is 5.05. The van der Waals surface area contributed by atoms with E-state index >= 15 is 0 Å². The molecular formula is C28H24F2N2O4. The number of benzene rings is 2. The summed E-state index contributed by atoms with van der Waals surface area (Å²) < 4.78 is 40.0. The summed E-state index contributed by atoms with van der Waals surface area (Å²) in [7, 11) is 1.36. The average molecular weight is 491 g/mol. The number of ketones is 1. The Hall–Kier alpha value is -4.07. The maximum Gasteiger partial charge on any atom is 0.309 e. The van der Waals surface area contributed by atoms with Crippen molar-refractivity contribution in [2.45, 2.75) is 32.3 Å². The van der Waals surface area contributed by atoms with Crippen LogP contribution in [0, 0.1) is 24.5 Å². The van der Waals surface area contributed by atoms with E-state index in [1.165, 1.54) is 19.2 Å². The summed E-state index contributed by atoms with van der Waals surface area (Å²) in [5.41, 5.74) is 3.39. The van der Waals surface area contributed by atoms with Gasteiger partial charge in [-0.3, -0.25) is 14.0 Å². The van der Waals surface area contributed by atoms with Crippen molar-refractivity contribution in [3.63, 3.8) is 0 Å². The molecule has 184 valence electrons. The van der Waals surface area contributed by atoms with Gasteiger partial charge in [-0.2, -0.15) is 0 Å². The molecule has 6 nitrogen and oxygen atoms in total. The third-order valence-corrected chi connectivity index (χ3v) is 6.76. The lowest BCUT2D eigenvalue weighted by Crippen LogP contribution is -2.23. The molecule has 0 bridgehead atoms. The number of nitrogens with zero attached hydrogens (tertiary/aromatic N) is 2. The second-order valence-corrected chi connectivity index (χ2v) is 8.88. The van der Waals surface area contributed by atoms with Gasteiger partial charge in [-0.25, -0.2) is 13.8 Å². The standard InChI is InChI=1S/C28H24F2N2O4/c1-16-26(23(33)14-20-19-9-4-3-7-17(19)13-21(20)28(34)35-2)32-12-6-11-24(27(32)31-16)36-15-18-8-5-10-22(29)25(18)30/h3-12,20-21H,13-15H2,1-2H3/t20-,21-/m1/s1. The number of carbonyl (C=O) groups excluding carboxylic acids is 2. The zero-order chi connectivity index (χ0) is 25.4. The van der Waals surface area contributed by atoms with Crippen molar-refractivity contribution in [3.8, 4) is 5.75 Å². The van der Waals surface area contributed by atoms with Crippen molar-refractivity contribution in [2.24, 2.45) is 5.92 Å². The minimum atomic E-state index is -0.961. The van der Waals surface area contributed by atoms with E-state index in [2.05, 4.69) is 4.98 Å². The Bertz CT molecular complexity index is 1480. The largest absolute Gasteiger partial charge is 0.485 e. The first-order valence-electron chi connectivity index (χ1n) is 11.6. The van der Waals surface area contributed by atoms with E-state index in [0.717, 1.165) is 17.2 Å². The van der Waals surface area contributed by atoms with Crippen LogP contribution in [0.4, 0.5) is 8.78 Å². The predicted octanol–water partition coefficient (Wildman–Crippen LogP) is 5.20. The van der Waals surface area contributed by atoms with Crippen molar-refractivity contribution in [2.75, 3.05) is 7.11 Å². The Kier molecular flexibility index (Phi) is 6.26. The average Bonchev–Trinajstić information content (AvgIpc) is 3.41. The van der Waals surface area contributed by atoms with Crippen LogP contribution in [0.1, 0.15) is 45.2 Å². The summed E-state index contributed by atoms with van der Waals surface area (Å²) in [5, 5.41) is 0. The first kappa shape index (κ1) is 23.7. The van der Waals surface area contributed by atoms with E-state index in [-0.39, 0.29) is 36.3 Å². The molecule has 0 saturated carbocycles. The highest BCUT2D eigenvalue weighted by Gasteiger charge is 2.39. The van der Waals surface area contributed by atoms with E-state index in [1.54, 1.807) is 29.7 Å². The third kappa shape index (κ3) is 4.12. The smallest absolute Gasteiger partial charge is 0.309 e. The summed E-state index contributed by atoms with van der Waals surface area (Å²) in [4.78, 5) is 30.6. The van der Waals surface area contributed by atoms with Gasteiger partial charge in [0, 0.05) is 24.1 Å². The van der Waals surface area contributed by atoms with Crippen LogP contribution in [0.5, 0.6) is 5.75 Å². The quantitative estimate of drug-likeness (QED) is 0.263. The molecule has 2 aromatic heterocycles. The molecule has 5 rings (SSSR count). The van der Waals surface area contributed by atoms with Gasteiger partial charge in [0.05, 0.1) is 18.7 Å². The van der Waals surface area contributed by atoms with Crippen molar-refractivity contribution in [1.82, 2.24) is 9.38 Å². The van der Waals surface area contributed by atoms with Crippen LogP contribution >= 0.6 is 0 Å². The van der Waals surface area contributed by atoms with Crippen LogP contribution < -0.4 is 4.74 Å². The molecular weight excluding hydrogens is 466 g/mol. The number of ether oxygens (including phenoxy) is 2. The van der Waals surface area contributed by atoms with Crippen molar-refractivity contribution in [1.29, 1.82) is 0 Å². The highest BCUT2D eigenvalue weighted by molar-refractivity contribution is 5.97. The zero-order valence-corrected chi connectivity index (χ0v) is 19.8. The molecule has 0 unspecified atom stereocenters. The van der Waals surface area contributed by atoms with Crippen LogP contribution in [0.15, 0.2) is 60.8 Å². The molecule has 0 radical (unpaired) electrons. The number of pyridine rings is 1. The normalized spacial score (nSPS) is 16.7. The molecule has 0 fully saturated rings. The number of aromatic nitrogens is 2. The van der Waals surface area contributed by atoms with Crippen LogP contribution in [-0.2, 0) is 22.6 Å². The molecule has 0 amide bonds. The van der Waals surface area contributed by atoms with Gasteiger partial charge in [0.2, 0.25) is 0 Å². The molecule has 2 aromatic carbocycles. The Morgan fingerprint density at radius 1 is 1.08 bits per heavy atom. The van der Waals surface area contributed by atoms with E-state index < -0.39 is 17.6 Å². The molecule has 1 aliphatic carbocycles. The summed E-state index contributed by atoms with van der Waals surface area (Å²) in [5.74, 6) is -2.81. The maximum atomic E-state index is 14.1. The molecule has 36 heavy (non-hydrogen) atoms. The lowest BCUT2D eigenvalue weighted by Gasteiger charge is -2.18. The first-order valence-corrected chi connectivity index (χ1v) is 11.6. The van der Waals surface area contributed by atoms with E-state index in [4.69, 9.17) is 9.47 Å². The fraction of sp³-hybridized carbons (Fsp3) is 0.250. The summed E-state index contributed by atoms with van der Waals surface area (Å²) in [6.07, 6.45) is 2.35. The number of Topliss-reactive ketones (excluding diaryl/α,β-unsaturated/α-hetero) is 1. The first-order chi connectivity index (χ1) is 17.4. The fourth-order valence-corrected chi connectivity index (χ4v) is 5.05. The summed E-state index contributed by atoms with van der Waals surface area (Å²) in [6, 6.07) is 15.0. The third-order valence-electron chi connectivity index (χ3n) is 6.76. The van der Waals surface area contributed by atoms with Crippen molar-refractivity contribution in [3.05, 3.63) is 101 Å². The zero-order valence-electron chi connectivity index (χ0n) is 19.8. The lowest BCUT2D eigenvalue weighted by molar-refractivity contribution is -0.145. The van der Waals surface area contributed by atoms with Crippen LogP contribution in [-0.4, -0.2) is 28.2 Å². The number of rotatable bonds is 7. The van der Waals surface area contributed by atoms with Gasteiger partial charge in [-0.1, -0.05) is 36.4 Å². The SMILES string of the molecule is COC(=O)[C@@H]1Cc2ccccc2[C@H]1CC(=O)c1c(C)nc2c(OCc3cccc(F)c3F)cccn12. The maximum absolute atomic E-state index is 14.1. The highest BCUT2D eigenvalue weighted by atomic mass is 19.2. The Morgan fingerprint density at radius 3 is 2.69 bits per heavy atom. The van der Waals surface area contributed by atoms with Gasteiger partial charge in [0.15, 0.2) is 28.8 Å². The molecule has 1 aliphatic rings. The molecule has 0 aliphatic heterocycles. The number of fused-ring (bicyclic) bond motifs is 2. The number of imidazole rings is 1. The summed E-state index contributed by atoms with van der Waals surface area (Å²) >= 11 is 0. The van der Waals surface area contributed by atoms with Crippen LogP contribution in [0.2, 0.25) is 0 Å². The number of hydrogen-bond donors (Lipinski definition) is 0. The molecule has 8 heteroatoms. The van der Waals surface area contributed by atoms with Gasteiger partial charge < -0.3 is 9.47 Å². The molecule has 4 aromatic rings. The number of aryl methyl sites for hydroxylation is 1.